The van der Waals surface area contributed by atoms with Crippen LogP contribution in [0.5, 0.6) is 0 Å². The average molecular weight is 412 g/mol. The van der Waals surface area contributed by atoms with Gasteiger partial charge in [0.2, 0.25) is 11.9 Å². The molecule has 3 aromatic rings. The summed E-state index contributed by atoms with van der Waals surface area (Å²) in [6, 6.07) is 5.76. The molecule has 1 saturated carbocycles. The van der Waals surface area contributed by atoms with Crippen molar-refractivity contribution in [2.75, 3.05) is 5.32 Å². The molecule has 4 rings (SSSR count). The molecule has 3 heterocycles. The summed E-state index contributed by atoms with van der Waals surface area (Å²) in [6.45, 7) is 3.52. The van der Waals surface area contributed by atoms with Crippen molar-refractivity contribution < 1.29 is 4.79 Å². The lowest BCUT2D eigenvalue weighted by atomic mass is 9.87. The fraction of sp³-hybridized carbons (Fsp3) is 0.429. The molecule has 1 aliphatic rings. The zero-order valence-corrected chi connectivity index (χ0v) is 17.5. The third-order valence-electron chi connectivity index (χ3n) is 5.53. The molecule has 0 unspecified atom stereocenters. The molecule has 152 valence electrons. The summed E-state index contributed by atoms with van der Waals surface area (Å²) in [7, 11) is 0. The first-order valence-electron chi connectivity index (χ1n) is 10.0. The topological polar surface area (TPSA) is 92.7 Å². The Kier molecular flexibility index (Phi) is 5.62. The van der Waals surface area contributed by atoms with E-state index in [1.807, 2.05) is 23.6 Å². The van der Waals surface area contributed by atoms with Gasteiger partial charge in [0.25, 0.3) is 5.56 Å². The lowest BCUT2D eigenvalue weighted by Gasteiger charge is -2.20. The first kappa shape index (κ1) is 19.6. The fourth-order valence-electron chi connectivity index (χ4n) is 3.75. The zero-order chi connectivity index (χ0) is 20.4. The van der Waals surface area contributed by atoms with E-state index in [1.165, 1.54) is 23.9 Å². The van der Waals surface area contributed by atoms with Gasteiger partial charge in [-0.25, -0.2) is 4.98 Å². The highest BCUT2D eigenvalue weighted by molar-refractivity contribution is 7.13. The quantitative estimate of drug-likeness (QED) is 0.658. The lowest BCUT2D eigenvalue weighted by molar-refractivity contribution is -0.117. The zero-order valence-electron chi connectivity index (χ0n) is 16.7. The number of aryl methyl sites for hydroxylation is 1. The van der Waals surface area contributed by atoms with E-state index >= 15 is 0 Å². The lowest BCUT2D eigenvalue weighted by Crippen LogP contribution is -2.22. The van der Waals surface area contributed by atoms with Crippen molar-refractivity contribution in [3.05, 3.63) is 45.2 Å². The predicted molar refractivity (Wildman–Crippen MR) is 115 cm³/mol. The van der Waals surface area contributed by atoms with Gasteiger partial charge in [-0.2, -0.15) is 9.78 Å². The second-order valence-electron chi connectivity index (χ2n) is 7.66. The van der Waals surface area contributed by atoms with Gasteiger partial charge in [-0.15, -0.1) is 11.3 Å². The Hall–Kier alpha value is -2.74. The molecule has 0 atom stereocenters. The van der Waals surface area contributed by atoms with E-state index in [2.05, 4.69) is 20.4 Å². The van der Waals surface area contributed by atoms with Crippen LogP contribution in [-0.2, 0) is 4.79 Å². The van der Waals surface area contributed by atoms with Crippen LogP contribution >= 0.6 is 11.3 Å². The SMILES string of the molecule is Cc1nc(-n2nc(-c3cccs3)cc2NC(=O)CC2CCCCC2)[nH]c(=O)c1C. The Morgan fingerprint density at radius 2 is 2.10 bits per heavy atom. The maximum Gasteiger partial charge on any atom is 0.255 e. The summed E-state index contributed by atoms with van der Waals surface area (Å²) in [6.07, 6.45) is 6.40. The second kappa shape index (κ2) is 8.32. The molecule has 0 radical (unpaired) electrons. The van der Waals surface area contributed by atoms with Crippen LogP contribution in [0.2, 0.25) is 0 Å². The molecule has 7 nitrogen and oxygen atoms in total. The van der Waals surface area contributed by atoms with Crippen molar-refractivity contribution in [1.29, 1.82) is 0 Å². The number of aromatic nitrogens is 4. The maximum atomic E-state index is 12.7. The molecular weight excluding hydrogens is 386 g/mol. The fourth-order valence-corrected chi connectivity index (χ4v) is 4.44. The first-order chi connectivity index (χ1) is 14.0. The molecule has 8 heteroatoms. The van der Waals surface area contributed by atoms with E-state index in [-0.39, 0.29) is 11.5 Å². The molecule has 3 aromatic heterocycles. The van der Waals surface area contributed by atoms with Gasteiger partial charge in [0.1, 0.15) is 11.5 Å². The highest BCUT2D eigenvalue weighted by atomic mass is 32.1. The van der Waals surface area contributed by atoms with E-state index in [4.69, 9.17) is 0 Å². The third-order valence-corrected chi connectivity index (χ3v) is 6.42. The van der Waals surface area contributed by atoms with Crippen molar-refractivity contribution in [3.63, 3.8) is 0 Å². The first-order valence-corrected chi connectivity index (χ1v) is 10.9. The van der Waals surface area contributed by atoms with Crippen LogP contribution in [0.3, 0.4) is 0 Å². The monoisotopic (exact) mass is 411 g/mol. The van der Waals surface area contributed by atoms with E-state index < -0.39 is 0 Å². The summed E-state index contributed by atoms with van der Waals surface area (Å²) in [5.41, 5.74) is 1.73. The van der Waals surface area contributed by atoms with Crippen molar-refractivity contribution in [3.8, 4) is 16.5 Å². The minimum Gasteiger partial charge on any atom is -0.310 e. The van der Waals surface area contributed by atoms with E-state index in [1.54, 1.807) is 25.2 Å². The highest BCUT2D eigenvalue weighted by Crippen LogP contribution is 2.29. The van der Waals surface area contributed by atoms with Gasteiger partial charge in [0, 0.05) is 23.7 Å². The predicted octanol–water partition coefficient (Wildman–Crippen LogP) is 4.21. The molecule has 0 spiro atoms. The van der Waals surface area contributed by atoms with Crippen molar-refractivity contribution in [2.24, 2.45) is 5.92 Å². The summed E-state index contributed by atoms with van der Waals surface area (Å²) in [5, 5.41) is 9.59. The molecule has 2 N–H and O–H groups in total. The van der Waals surface area contributed by atoms with Crippen LogP contribution in [0.15, 0.2) is 28.4 Å². The molecule has 0 saturated heterocycles. The van der Waals surface area contributed by atoms with Gasteiger partial charge in [-0.3, -0.25) is 14.6 Å². The van der Waals surface area contributed by atoms with Crippen LogP contribution in [0, 0.1) is 19.8 Å². The number of H-pyrrole nitrogens is 1. The molecule has 1 aliphatic carbocycles. The number of carbonyl (C=O) groups excluding carboxylic acids is 1. The number of aromatic amines is 1. The number of thiophene rings is 1. The molecule has 29 heavy (non-hydrogen) atoms. The van der Waals surface area contributed by atoms with Crippen molar-refractivity contribution >= 4 is 23.1 Å². The molecule has 0 aromatic carbocycles. The van der Waals surface area contributed by atoms with E-state index in [0.29, 0.717) is 35.4 Å². The number of amides is 1. The molecule has 1 fully saturated rings. The minimum absolute atomic E-state index is 0.0260. The van der Waals surface area contributed by atoms with Crippen LogP contribution in [0.4, 0.5) is 5.82 Å². The van der Waals surface area contributed by atoms with Gasteiger partial charge in [-0.05, 0) is 44.1 Å². The molecule has 1 amide bonds. The minimum atomic E-state index is -0.208. The summed E-state index contributed by atoms with van der Waals surface area (Å²) >= 11 is 1.57. The van der Waals surface area contributed by atoms with Crippen molar-refractivity contribution in [2.45, 2.75) is 52.4 Å². The molecule has 0 aliphatic heterocycles. The number of hydrogen-bond donors (Lipinski definition) is 2. The van der Waals surface area contributed by atoms with E-state index in [0.717, 1.165) is 23.4 Å². The summed E-state index contributed by atoms with van der Waals surface area (Å²) in [5.74, 6) is 1.23. The number of hydrogen-bond acceptors (Lipinski definition) is 5. The smallest absolute Gasteiger partial charge is 0.255 e. The average Bonchev–Trinajstić information content (AvgIpc) is 3.36. The van der Waals surface area contributed by atoms with Gasteiger partial charge in [-0.1, -0.05) is 25.3 Å². The Bertz CT molecular complexity index is 1060. The number of carbonyl (C=O) groups is 1. The number of anilines is 1. The maximum absolute atomic E-state index is 12.7. The van der Waals surface area contributed by atoms with Gasteiger partial charge in [0.05, 0.1) is 4.88 Å². The van der Waals surface area contributed by atoms with Crippen LogP contribution < -0.4 is 10.9 Å². The second-order valence-corrected chi connectivity index (χ2v) is 8.61. The van der Waals surface area contributed by atoms with Crippen LogP contribution in [0.25, 0.3) is 16.5 Å². The van der Waals surface area contributed by atoms with Gasteiger partial charge in [0.15, 0.2) is 0 Å². The normalized spacial score (nSPS) is 14.8. The third kappa shape index (κ3) is 4.32. The van der Waals surface area contributed by atoms with Crippen LogP contribution in [0.1, 0.15) is 49.8 Å². The van der Waals surface area contributed by atoms with Gasteiger partial charge < -0.3 is 5.32 Å². The largest absolute Gasteiger partial charge is 0.310 e. The number of nitrogens with zero attached hydrogens (tertiary/aromatic N) is 3. The summed E-state index contributed by atoms with van der Waals surface area (Å²) in [4.78, 5) is 33.2. The number of rotatable bonds is 5. The molecule has 0 bridgehead atoms. The van der Waals surface area contributed by atoms with E-state index in [9.17, 15) is 9.59 Å². The molecular formula is C21H25N5O2S. The Morgan fingerprint density at radius 1 is 1.31 bits per heavy atom. The Morgan fingerprint density at radius 3 is 2.79 bits per heavy atom. The Balaban J connectivity index is 1.66. The van der Waals surface area contributed by atoms with Crippen molar-refractivity contribution in [1.82, 2.24) is 19.7 Å². The van der Waals surface area contributed by atoms with Gasteiger partial charge >= 0.3 is 0 Å². The highest BCUT2D eigenvalue weighted by Gasteiger charge is 2.20. The Labute approximate surface area is 173 Å². The summed E-state index contributed by atoms with van der Waals surface area (Å²) < 4.78 is 1.52. The number of nitrogens with one attached hydrogen (secondary N) is 2. The standard InChI is InChI=1S/C21H25N5O2S/c1-13-14(2)22-21(24-20(13)28)26-18(12-16(25-26)17-9-6-10-29-17)23-19(27)11-15-7-4-3-5-8-15/h6,9-10,12,15H,3-5,7-8,11H2,1-2H3,(H,23,27)(H,22,24,28). The van der Waals surface area contributed by atoms with Crippen LogP contribution in [-0.4, -0.2) is 25.7 Å².